The summed E-state index contributed by atoms with van der Waals surface area (Å²) in [6.45, 7) is 1.42. The molecule has 0 saturated carbocycles. The number of thiocarbonyl (C=S) groups is 1. The van der Waals surface area contributed by atoms with E-state index in [1.807, 2.05) is 6.07 Å². The molecule has 0 amide bonds. The Bertz CT molecular complexity index is 1270. The van der Waals surface area contributed by atoms with E-state index < -0.39 is 10.0 Å². The topological polar surface area (TPSA) is 85.6 Å². The Morgan fingerprint density at radius 3 is 2.36 bits per heavy atom. The average Bonchev–Trinajstić information content (AvgIpc) is 3.27. The smallest absolute Gasteiger partial charge is 0.243 e. The van der Waals surface area contributed by atoms with Gasteiger partial charge in [-0.3, -0.25) is 0 Å². The number of ether oxygens (including phenoxy) is 1. The number of rotatable bonds is 6. The largest absolute Gasteiger partial charge is 0.867 e. The monoisotopic (exact) mass is 521 g/mol. The predicted molar refractivity (Wildman–Crippen MR) is 131 cm³/mol. The number of nitrogens with zero attached hydrogens (tertiary/aromatic N) is 2. The maximum Gasteiger partial charge on any atom is 0.243 e. The first kappa shape index (κ1) is 23.8. The normalized spacial score (nSPS) is 15.7. The summed E-state index contributed by atoms with van der Waals surface area (Å²) in [7, 11) is -3.60. The summed E-state index contributed by atoms with van der Waals surface area (Å²) in [6, 6.07) is 15.0. The molecule has 7 nitrogen and oxygen atoms in total. The molecule has 1 N–H and O–H groups in total. The zero-order valence-corrected chi connectivity index (χ0v) is 20.5. The number of anilines is 1. The fourth-order valence-corrected chi connectivity index (χ4v) is 5.98. The minimum absolute atomic E-state index is 0.187. The Balaban J connectivity index is 1.60. The minimum atomic E-state index is -3.60. The van der Waals surface area contributed by atoms with Gasteiger partial charge in [0.2, 0.25) is 15.7 Å². The lowest BCUT2D eigenvalue weighted by atomic mass is 10.2. The highest BCUT2D eigenvalue weighted by Crippen LogP contribution is 2.27. The summed E-state index contributed by atoms with van der Waals surface area (Å²) in [6.07, 6.45) is 3.46. The molecule has 1 fully saturated rings. The standard InChI is InChI=1S/C22H20ClN3O4S3/c23-19-9-8-18(32-19)21(27)20(25-10-2-1-3-11-25)22(31)24-16-4-6-17(7-5-16)33(28,29)26-12-14-30-15-13-26/h1-11H,12-15H2,(H-,24,27,31). The number of hydrogen-bond acceptors (Lipinski definition) is 6. The van der Waals surface area contributed by atoms with Gasteiger partial charge in [-0.15, -0.1) is 11.3 Å². The number of nitrogens with one attached hydrogen (secondary N) is 1. The Labute approximate surface area is 206 Å². The van der Waals surface area contributed by atoms with E-state index in [1.54, 1.807) is 53.4 Å². The van der Waals surface area contributed by atoms with Gasteiger partial charge in [0.25, 0.3) is 0 Å². The van der Waals surface area contributed by atoms with E-state index >= 15 is 0 Å². The van der Waals surface area contributed by atoms with Gasteiger partial charge in [0, 0.05) is 35.8 Å². The van der Waals surface area contributed by atoms with Crippen LogP contribution in [0.3, 0.4) is 0 Å². The van der Waals surface area contributed by atoms with E-state index in [2.05, 4.69) is 5.32 Å². The maximum atomic E-state index is 13.2. The molecule has 172 valence electrons. The van der Waals surface area contributed by atoms with Crippen molar-refractivity contribution < 1.29 is 22.8 Å². The van der Waals surface area contributed by atoms with E-state index in [1.165, 1.54) is 27.8 Å². The van der Waals surface area contributed by atoms with E-state index in [-0.39, 0.29) is 21.3 Å². The lowest BCUT2D eigenvalue weighted by Gasteiger charge is -2.26. The third kappa shape index (κ3) is 5.43. The molecule has 0 aliphatic carbocycles. The van der Waals surface area contributed by atoms with Gasteiger partial charge in [-0.2, -0.15) is 8.87 Å². The first-order valence-electron chi connectivity index (χ1n) is 9.99. The predicted octanol–water partition coefficient (Wildman–Crippen LogP) is 2.84. The second-order valence-electron chi connectivity index (χ2n) is 7.06. The van der Waals surface area contributed by atoms with Crippen molar-refractivity contribution >= 4 is 67.3 Å². The number of morpholine rings is 1. The molecule has 0 bridgehead atoms. The van der Waals surface area contributed by atoms with Crippen LogP contribution in [0.25, 0.3) is 11.5 Å². The van der Waals surface area contributed by atoms with Crippen LogP contribution in [-0.2, 0) is 14.8 Å². The van der Waals surface area contributed by atoms with Crippen molar-refractivity contribution in [2.75, 3.05) is 31.6 Å². The molecule has 0 atom stereocenters. The van der Waals surface area contributed by atoms with Crippen molar-refractivity contribution in [3.05, 3.63) is 76.2 Å². The number of thiophene rings is 1. The Hall–Kier alpha value is -2.34. The van der Waals surface area contributed by atoms with Gasteiger partial charge < -0.3 is 15.2 Å². The number of aromatic nitrogens is 1. The van der Waals surface area contributed by atoms with Crippen molar-refractivity contribution in [2.45, 2.75) is 4.90 Å². The summed E-state index contributed by atoms with van der Waals surface area (Å²) >= 11 is 12.8. The van der Waals surface area contributed by atoms with E-state index in [4.69, 9.17) is 28.6 Å². The second-order valence-corrected chi connectivity index (χ2v) is 11.1. The van der Waals surface area contributed by atoms with Crippen LogP contribution in [0.4, 0.5) is 5.69 Å². The molecule has 4 rings (SSSR count). The first-order valence-corrected chi connectivity index (χ1v) is 13.0. The molecule has 3 heterocycles. The van der Waals surface area contributed by atoms with Crippen LogP contribution < -0.4 is 15.0 Å². The van der Waals surface area contributed by atoms with Crippen molar-refractivity contribution in [2.24, 2.45) is 0 Å². The van der Waals surface area contributed by atoms with Crippen LogP contribution >= 0.6 is 35.2 Å². The molecule has 33 heavy (non-hydrogen) atoms. The van der Waals surface area contributed by atoms with Crippen molar-refractivity contribution in [1.82, 2.24) is 4.31 Å². The Morgan fingerprint density at radius 1 is 1.09 bits per heavy atom. The van der Waals surface area contributed by atoms with Gasteiger partial charge in [-0.25, -0.2) is 8.42 Å². The molecular formula is C22H20ClN3O4S3. The summed E-state index contributed by atoms with van der Waals surface area (Å²) in [5.74, 6) is -0.271. The Morgan fingerprint density at radius 2 is 1.76 bits per heavy atom. The molecule has 1 saturated heterocycles. The zero-order valence-electron chi connectivity index (χ0n) is 17.3. The molecule has 0 radical (unpaired) electrons. The fraction of sp³-hybridized carbons (Fsp3) is 0.182. The third-order valence-corrected chi connectivity index (χ3v) is 8.36. The van der Waals surface area contributed by atoms with E-state index in [0.717, 1.165) is 0 Å². The lowest BCUT2D eigenvalue weighted by molar-refractivity contribution is -0.577. The molecule has 0 spiro atoms. The number of hydrogen-bond donors (Lipinski definition) is 1. The second kappa shape index (κ2) is 10.3. The highest BCUT2D eigenvalue weighted by atomic mass is 35.5. The summed E-state index contributed by atoms with van der Waals surface area (Å²) in [4.78, 5) is 0.846. The lowest BCUT2D eigenvalue weighted by Crippen LogP contribution is -2.40. The number of benzene rings is 1. The van der Waals surface area contributed by atoms with Gasteiger partial charge in [0.15, 0.2) is 17.4 Å². The van der Waals surface area contributed by atoms with Gasteiger partial charge in [0.1, 0.15) is 0 Å². The van der Waals surface area contributed by atoms with Crippen LogP contribution in [-0.4, -0.2) is 44.0 Å². The molecule has 1 aliphatic heterocycles. The van der Waals surface area contributed by atoms with Gasteiger partial charge in [0.05, 0.1) is 22.4 Å². The molecule has 11 heteroatoms. The molecule has 3 aromatic rings. The number of halogens is 1. The highest BCUT2D eigenvalue weighted by molar-refractivity contribution is 7.89. The first-order chi connectivity index (χ1) is 15.9. The van der Waals surface area contributed by atoms with Crippen molar-refractivity contribution in [3.63, 3.8) is 0 Å². The maximum absolute atomic E-state index is 13.2. The average molecular weight is 522 g/mol. The SMILES string of the molecule is O=S(=O)(c1ccc(NC(=S)/C(=C(\[O-])c2ccc(Cl)s2)[n+]2ccccc2)cc1)N1CCOCC1. The summed E-state index contributed by atoms with van der Waals surface area (Å²) < 4.78 is 34.4. The summed E-state index contributed by atoms with van der Waals surface area (Å²) in [5.41, 5.74) is 0.820. The number of pyridine rings is 1. The molecule has 1 aliphatic rings. The molecule has 0 unspecified atom stereocenters. The van der Waals surface area contributed by atoms with E-state index in [9.17, 15) is 13.5 Å². The van der Waals surface area contributed by atoms with Crippen molar-refractivity contribution in [3.8, 4) is 0 Å². The van der Waals surface area contributed by atoms with Crippen LogP contribution in [0.2, 0.25) is 4.34 Å². The van der Waals surface area contributed by atoms with Gasteiger partial charge in [-0.05, 0) is 42.2 Å². The zero-order chi connectivity index (χ0) is 23.4. The third-order valence-electron chi connectivity index (χ3n) is 4.92. The summed E-state index contributed by atoms with van der Waals surface area (Å²) in [5, 5.41) is 16.3. The molecule has 1 aromatic carbocycles. The molecule has 2 aromatic heterocycles. The highest BCUT2D eigenvalue weighted by Gasteiger charge is 2.26. The van der Waals surface area contributed by atoms with Crippen LogP contribution in [0, 0.1) is 0 Å². The minimum Gasteiger partial charge on any atom is -0.867 e. The van der Waals surface area contributed by atoms with E-state index in [0.29, 0.717) is 41.2 Å². The van der Waals surface area contributed by atoms with Crippen LogP contribution in [0.5, 0.6) is 0 Å². The van der Waals surface area contributed by atoms with Gasteiger partial charge in [-0.1, -0.05) is 29.9 Å². The molecular weight excluding hydrogens is 502 g/mol. The van der Waals surface area contributed by atoms with Crippen LogP contribution in [0.15, 0.2) is 71.9 Å². The van der Waals surface area contributed by atoms with Crippen molar-refractivity contribution in [1.29, 1.82) is 0 Å². The fourth-order valence-electron chi connectivity index (χ4n) is 3.27. The van der Waals surface area contributed by atoms with Crippen LogP contribution in [0.1, 0.15) is 4.88 Å². The Kier molecular flexibility index (Phi) is 7.42. The number of sulfonamides is 1. The van der Waals surface area contributed by atoms with Gasteiger partial charge >= 0.3 is 0 Å². The quantitative estimate of drug-likeness (QED) is 0.232.